The molecule has 2 saturated heterocycles. The number of ether oxygens (including phenoxy) is 3. The number of carbonyl (C=O) groups is 2. The fourth-order valence-corrected chi connectivity index (χ4v) is 8.89. The van der Waals surface area contributed by atoms with E-state index >= 15 is 0 Å². The fourth-order valence-electron chi connectivity index (χ4n) is 8.89. The van der Waals surface area contributed by atoms with Gasteiger partial charge in [0.05, 0.1) is 31.3 Å². The molecule has 7 heteroatoms. The lowest BCUT2D eigenvalue weighted by molar-refractivity contribution is -0.180. The van der Waals surface area contributed by atoms with Gasteiger partial charge in [-0.25, -0.2) is 0 Å². The molecule has 0 aromatic carbocycles. The van der Waals surface area contributed by atoms with Crippen LogP contribution in [0.2, 0.25) is 0 Å². The Morgan fingerprint density at radius 3 is 2.65 bits per heavy atom. The molecule has 0 bridgehead atoms. The molecular formula is C24H32O7. The summed E-state index contributed by atoms with van der Waals surface area (Å²) in [7, 11) is 1.36. The molecule has 2 heterocycles. The van der Waals surface area contributed by atoms with Gasteiger partial charge in [-0.2, -0.15) is 0 Å². The minimum Gasteiger partial charge on any atom is -0.469 e. The third-order valence-electron chi connectivity index (χ3n) is 10.4. The second-order valence-electron chi connectivity index (χ2n) is 11.2. The van der Waals surface area contributed by atoms with Gasteiger partial charge < -0.3 is 24.4 Å². The van der Waals surface area contributed by atoms with E-state index in [-0.39, 0.29) is 29.3 Å². The van der Waals surface area contributed by atoms with Crippen LogP contribution in [0.1, 0.15) is 58.8 Å². The molecule has 7 nitrogen and oxygen atoms in total. The monoisotopic (exact) mass is 432 g/mol. The summed E-state index contributed by atoms with van der Waals surface area (Å²) in [6.45, 7) is 4.34. The first-order valence-corrected chi connectivity index (χ1v) is 11.7. The normalized spacial score (nSPS) is 56.7. The van der Waals surface area contributed by atoms with Crippen LogP contribution in [0, 0.1) is 28.6 Å². The van der Waals surface area contributed by atoms with Crippen molar-refractivity contribution in [3.05, 3.63) is 11.6 Å². The highest BCUT2D eigenvalue weighted by atomic mass is 16.6. The molecule has 0 radical (unpaired) electrons. The maximum Gasteiger partial charge on any atom is 0.312 e. The molecule has 31 heavy (non-hydrogen) atoms. The van der Waals surface area contributed by atoms with Crippen LogP contribution in [0.15, 0.2) is 11.6 Å². The number of aliphatic hydroxyl groups is 2. The Morgan fingerprint density at radius 2 is 1.97 bits per heavy atom. The third kappa shape index (κ3) is 2.12. The van der Waals surface area contributed by atoms with Crippen molar-refractivity contribution < 1.29 is 34.0 Å². The molecule has 4 aliphatic carbocycles. The molecule has 170 valence electrons. The topological polar surface area (TPSA) is 106 Å². The summed E-state index contributed by atoms with van der Waals surface area (Å²) in [5.74, 6) is -1.45. The number of hydrogen-bond acceptors (Lipinski definition) is 7. The maximum absolute atomic E-state index is 13.1. The van der Waals surface area contributed by atoms with E-state index in [0.717, 1.165) is 24.8 Å². The van der Waals surface area contributed by atoms with Gasteiger partial charge in [-0.3, -0.25) is 9.59 Å². The average Bonchev–Trinajstić information content (AvgIpc) is 3.23. The smallest absolute Gasteiger partial charge is 0.312 e. The number of aliphatic hydroxyl groups excluding tert-OH is 2. The van der Waals surface area contributed by atoms with Crippen molar-refractivity contribution in [2.24, 2.45) is 28.6 Å². The zero-order valence-electron chi connectivity index (χ0n) is 18.4. The third-order valence-corrected chi connectivity index (χ3v) is 10.4. The second-order valence-corrected chi connectivity index (χ2v) is 11.2. The van der Waals surface area contributed by atoms with E-state index in [2.05, 4.69) is 13.8 Å². The van der Waals surface area contributed by atoms with Crippen LogP contribution in [0.5, 0.6) is 0 Å². The van der Waals surface area contributed by atoms with Crippen molar-refractivity contribution in [3.63, 3.8) is 0 Å². The second kappa shape index (κ2) is 5.91. The van der Waals surface area contributed by atoms with Crippen LogP contribution < -0.4 is 0 Å². The van der Waals surface area contributed by atoms with Crippen LogP contribution in [0.3, 0.4) is 0 Å². The largest absolute Gasteiger partial charge is 0.469 e. The number of esters is 2. The van der Waals surface area contributed by atoms with Crippen molar-refractivity contribution in [3.8, 4) is 0 Å². The summed E-state index contributed by atoms with van der Waals surface area (Å²) in [5, 5.41) is 21.8. The van der Waals surface area contributed by atoms with Crippen LogP contribution in [-0.4, -0.2) is 58.8 Å². The van der Waals surface area contributed by atoms with Crippen molar-refractivity contribution in [1.29, 1.82) is 0 Å². The van der Waals surface area contributed by atoms with Crippen molar-refractivity contribution in [1.82, 2.24) is 0 Å². The Labute approximate surface area is 182 Å². The molecule has 3 saturated carbocycles. The molecule has 6 aliphatic rings. The number of hydrogen-bond donors (Lipinski definition) is 2. The molecule has 0 aromatic heterocycles. The number of epoxide rings is 1. The lowest BCUT2D eigenvalue weighted by atomic mass is 9.43. The van der Waals surface area contributed by atoms with E-state index in [9.17, 15) is 19.8 Å². The Morgan fingerprint density at radius 1 is 1.19 bits per heavy atom. The minimum atomic E-state index is -1.02. The maximum atomic E-state index is 13.1. The highest BCUT2D eigenvalue weighted by Gasteiger charge is 2.84. The van der Waals surface area contributed by atoms with Gasteiger partial charge in [0.25, 0.3) is 0 Å². The number of rotatable bonds is 1. The van der Waals surface area contributed by atoms with E-state index < -0.39 is 40.7 Å². The predicted molar refractivity (Wildman–Crippen MR) is 108 cm³/mol. The molecule has 10 atom stereocenters. The van der Waals surface area contributed by atoms with Crippen molar-refractivity contribution >= 4 is 11.9 Å². The number of fused-ring (bicyclic) bond motifs is 4. The molecule has 3 unspecified atom stereocenters. The summed E-state index contributed by atoms with van der Waals surface area (Å²) in [6.07, 6.45) is 4.95. The summed E-state index contributed by atoms with van der Waals surface area (Å²) >= 11 is 0. The van der Waals surface area contributed by atoms with Gasteiger partial charge in [-0.05, 0) is 50.0 Å². The fraction of sp³-hybridized carbons (Fsp3) is 0.833. The van der Waals surface area contributed by atoms with Crippen LogP contribution in [-0.2, 0) is 23.8 Å². The minimum absolute atomic E-state index is 0.0590. The SMILES string of the molecule is COC(=O)C1C2C3CC[C@@]4(CCC(=O)O4)[C@@]3(C)C[C@@H]3O[C@@]23[C@@]2(C)CC[C@H](O)C=C2[C@@H]1O. The molecule has 0 aromatic rings. The Bertz CT molecular complexity index is 898. The van der Waals surface area contributed by atoms with E-state index in [1.807, 2.05) is 0 Å². The van der Waals surface area contributed by atoms with Crippen molar-refractivity contribution in [2.75, 3.05) is 7.11 Å². The molecule has 0 amide bonds. The Balaban J connectivity index is 1.51. The summed E-state index contributed by atoms with van der Waals surface area (Å²) in [4.78, 5) is 25.2. The van der Waals surface area contributed by atoms with Gasteiger partial charge in [0, 0.05) is 23.2 Å². The zero-order valence-corrected chi connectivity index (χ0v) is 18.4. The van der Waals surface area contributed by atoms with Gasteiger partial charge >= 0.3 is 11.9 Å². The van der Waals surface area contributed by atoms with Crippen LogP contribution in [0.25, 0.3) is 0 Å². The first-order chi connectivity index (χ1) is 14.6. The first-order valence-electron chi connectivity index (χ1n) is 11.7. The van der Waals surface area contributed by atoms with Crippen LogP contribution in [0.4, 0.5) is 0 Å². The molecule has 6 rings (SSSR count). The Hall–Kier alpha value is -1.44. The average molecular weight is 433 g/mol. The molecular weight excluding hydrogens is 400 g/mol. The zero-order chi connectivity index (χ0) is 22.0. The van der Waals surface area contributed by atoms with Gasteiger partial charge in [-0.1, -0.05) is 19.9 Å². The summed E-state index contributed by atoms with van der Waals surface area (Å²) in [5.41, 5.74) is -1.06. The van der Waals surface area contributed by atoms with Gasteiger partial charge in [-0.15, -0.1) is 0 Å². The predicted octanol–water partition coefficient (Wildman–Crippen LogP) is 1.89. The number of methoxy groups -OCH3 is 1. The van der Waals surface area contributed by atoms with E-state index in [0.29, 0.717) is 25.7 Å². The summed E-state index contributed by atoms with van der Waals surface area (Å²) < 4.78 is 17.8. The highest BCUT2D eigenvalue weighted by Crippen LogP contribution is 2.78. The van der Waals surface area contributed by atoms with Crippen LogP contribution >= 0.6 is 0 Å². The van der Waals surface area contributed by atoms with E-state index in [4.69, 9.17) is 14.2 Å². The lowest BCUT2D eigenvalue weighted by Gasteiger charge is -2.60. The first kappa shape index (κ1) is 20.2. The highest BCUT2D eigenvalue weighted by molar-refractivity contribution is 5.76. The van der Waals surface area contributed by atoms with Gasteiger partial charge in [0.1, 0.15) is 11.2 Å². The molecule has 2 N–H and O–H groups in total. The number of carbonyl (C=O) groups excluding carboxylic acids is 2. The van der Waals surface area contributed by atoms with Gasteiger partial charge in [0.2, 0.25) is 0 Å². The summed E-state index contributed by atoms with van der Waals surface area (Å²) in [6, 6.07) is 0. The van der Waals surface area contributed by atoms with Gasteiger partial charge in [0.15, 0.2) is 0 Å². The van der Waals surface area contributed by atoms with E-state index in [1.54, 1.807) is 6.08 Å². The molecule has 2 aliphatic heterocycles. The standard InChI is InChI=1S/C24H32O7/c1-21-7-4-12(25)10-14(21)19(27)17(20(28)29-3)18-13-5-8-23(9-6-16(26)31-23)22(13,2)11-15-24(18,21)30-15/h10,12-13,15,17-19,25,27H,4-9,11H2,1-3H3/t12-,13?,15-,17?,18?,19-,21-,22-,23+,24+/m0/s1. The van der Waals surface area contributed by atoms with E-state index in [1.165, 1.54) is 7.11 Å². The Kier molecular flexibility index (Phi) is 3.85. The molecule has 2 spiro atoms. The molecule has 5 fully saturated rings. The quantitative estimate of drug-likeness (QED) is 0.370. The lowest BCUT2D eigenvalue weighted by Crippen LogP contribution is -2.66. The van der Waals surface area contributed by atoms with Crippen molar-refractivity contribution in [2.45, 2.75) is 88.3 Å².